The van der Waals surface area contributed by atoms with Gasteiger partial charge in [0.15, 0.2) is 5.69 Å². The number of sulfonamides is 1. The van der Waals surface area contributed by atoms with E-state index in [1.54, 1.807) is 0 Å². The zero-order valence-corrected chi connectivity index (χ0v) is 17.4. The number of amides is 1. The Morgan fingerprint density at radius 2 is 1.79 bits per heavy atom. The monoisotopic (exact) mass is 496 g/mol. The molecule has 0 atom stereocenters. The van der Waals surface area contributed by atoms with Crippen molar-refractivity contribution in [1.29, 1.82) is 0 Å². The molecule has 0 radical (unpaired) electrons. The van der Waals surface area contributed by atoms with Gasteiger partial charge in [0.25, 0.3) is 5.91 Å². The van der Waals surface area contributed by atoms with Crippen molar-refractivity contribution in [2.24, 2.45) is 7.05 Å². The van der Waals surface area contributed by atoms with Crippen molar-refractivity contribution in [2.45, 2.75) is 11.1 Å². The summed E-state index contributed by atoms with van der Waals surface area (Å²) >= 11 is 2.77. The number of nitrogens with one attached hydrogen (secondary N) is 1. The number of alkyl halides is 3. The van der Waals surface area contributed by atoms with Crippen molar-refractivity contribution in [1.82, 2.24) is 14.1 Å². The summed E-state index contributed by atoms with van der Waals surface area (Å²) in [6.07, 6.45) is -4.72. The van der Waals surface area contributed by atoms with Crippen LogP contribution < -0.4 is 5.32 Å². The summed E-state index contributed by atoms with van der Waals surface area (Å²) in [6.45, 7) is 1.12. The van der Waals surface area contributed by atoms with Gasteiger partial charge < -0.3 is 10.1 Å². The topological polar surface area (TPSA) is 93.5 Å². The van der Waals surface area contributed by atoms with Crippen LogP contribution in [-0.4, -0.2) is 54.7 Å². The Balaban J connectivity index is 1.78. The van der Waals surface area contributed by atoms with Gasteiger partial charge >= 0.3 is 6.18 Å². The minimum atomic E-state index is -4.72. The molecule has 2 aromatic rings. The smallest absolute Gasteiger partial charge is 0.379 e. The van der Waals surface area contributed by atoms with Crippen LogP contribution in [-0.2, 0) is 28.0 Å². The number of morpholine rings is 1. The van der Waals surface area contributed by atoms with Crippen molar-refractivity contribution in [3.63, 3.8) is 0 Å². The first-order chi connectivity index (χ1) is 13.5. The first kappa shape index (κ1) is 21.7. The fourth-order valence-corrected chi connectivity index (χ4v) is 4.91. The van der Waals surface area contributed by atoms with Gasteiger partial charge in [-0.25, -0.2) is 8.42 Å². The van der Waals surface area contributed by atoms with Gasteiger partial charge in [0.2, 0.25) is 10.0 Å². The maximum atomic E-state index is 12.9. The molecule has 0 unspecified atom stereocenters. The number of aryl methyl sites for hydroxylation is 1. The van der Waals surface area contributed by atoms with E-state index in [2.05, 4.69) is 26.3 Å². The molecule has 0 aliphatic carbocycles. The van der Waals surface area contributed by atoms with Crippen molar-refractivity contribution in [3.8, 4) is 0 Å². The molecule has 158 valence electrons. The molecule has 0 bridgehead atoms. The van der Waals surface area contributed by atoms with Crippen LogP contribution in [0.15, 0.2) is 33.6 Å². The molecule has 1 aliphatic rings. The molecular weight excluding hydrogens is 481 g/mol. The highest BCUT2D eigenvalue weighted by Gasteiger charge is 2.39. The van der Waals surface area contributed by atoms with Crippen LogP contribution in [0.4, 0.5) is 18.9 Å². The van der Waals surface area contributed by atoms with E-state index in [0.29, 0.717) is 13.2 Å². The number of rotatable bonds is 4. The number of nitrogens with zero attached hydrogens (tertiary/aromatic N) is 3. The third-order valence-corrected chi connectivity index (χ3v) is 6.86. The molecule has 1 amide bonds. The number of anilines is 1. The molecule has 3 rings (SSSR count). The SMILES string of the molecule is Cn1nc(C(F)(F)F)c(Br)c1C(=O)Nc1ccc(S(=O)(=O)N2CCOCC2)cc1. The number of aromatic nitrogens is 2. The number of carbonyl (C=O) groups excluding carboxylic acids is 1. The average Bonchev–Trinajstić information content (AvgIpc) is 2.97. The summed E-state index contributed by atoms with van der Waals surface area (Å²) in [4.78, 5) is 12.5. The molecular formula is C16H16BrF3N4O4S. The number of halogens is 4. The second kappa shape index (κ2) is 8.05. The zero-order valence-electron chi connectivity index (χ0n) is 15.0. The van der Waals surface area contributed by atoms with E-state index in [9.17, 15) is 26.4 Å². The molecule has 1 N–H and O–H groups in total. The van der Waals surface area contributed by atoms with Gasteiger partial charge in [0.1, 0.15) is 5.69 Å². The van der Waals surface area contributed by atoms with Gasteiger partial charge in [-0.05, 0) is 40.2 Å². The second-order valence-corrected chi connectivity index (χ2v) is 8.86. The molecule has 1 saturated heterocycles. The fourth-order valence-electron chi connectivity index (χ4n) is 2.76. The van der Waals surface area contributed by atoms with E-state index >= 15 is 0 Å². The predicted molar refractivity (Wildman–Crippen MR) is 99.9 cm³/mol. The molecule has 0 spiro atoms. The van der Waals surface area contributed by atoms with Crippen molar-refractivity contribution in [3.05, 3.63) is 40.1 Å². The van der Waals surface area contributed by atoms with E-state index in [1.807, 2.05) is 0 Å². The Morgan fingerprint density at radius 1 is 1.21 bits per heavy atom. The lowest BCUT2D eigenvalue weighted by atomic mass is 10.3. The number of carbonyl (C=O) groups is 1. The summed E-state index contributed by atoms with van der Waals surface area (Å²) in [7, 11) is -2.48. The summed E-state index contributed by atoms with van der Waals surface area (Å²) in [5.41, 5.74) is -1.31. The standard InChI is InChI=1S/C16H16BrF3N4O4S/c1-23-13(12(17)14(22-23)16(18,19)20)15(25)21-10-2-4-11(5-3-10)29(26,27)24-6-8-28-9-7-24/h2-5H,6-9H2,1H3,(H,21,25). The first-order valence-corrected chi connectivity index (χ1v) is 10.5. The Labute approximate surface area is 172 Å². The van der Waals surface area contributed by atoms with E-state index in [0.717, 1.165) is 4.68 Å². The Bertz CT molecular complexity index is 1020. The van der Waals surface area contributed by atoms with Gasteiger partial charge in [-0.2, -0.15) is 22.6 Å². The molecule has 1 fully saturated rings. The first-order valence-electron chi connectivity index (χ1n) is 8.31. The van der Waals surface area contributed by atoms with E-state index in [1.165, 1.54) is 35.6 Å². The highest BCUT2D eigenvalue weighted by molar-refractivity contribution is 9.10. The summed E-state index contributed by atoms with van der Waals surface area (Å²) in [6, 6.07) is 5.36. The van der Waals surface area contributed by atoms with E-state index < -0.39 is 32.3 Å². The van der Waals surface area contributed by atoms with Gasteiger partial charge in [0, 0.05) is 25.8 Å². The molecule has 0 saturated carbocycles. The molecule has 13 heteroatoms. The lowest BCUT2D eigenvalue weighted by Gasteiger charge is -2.26. The molecule has 2 heterocycles. The maximum Gasteiger partial charge on any atom is 0.436 e. The van der Waals surface area contributed by atoms with Crippen LogP contribution in [0, 0.1) is 0 Å². The molecule has 29 heavy (non-hydrogen) atoms. The molecule has 1 aliphatic heterocycles. The second-order valence-electron chi connectivity index (χ2n) is 6.13. The zero-order chi connectivity index (χ0) is 21.4. The number of hydrogen-bond acceptors (Lipinski definition) is 5. The van der Waals surface area contributed by atoms with Crippen LogP contribution in [0.2, 0.25) is 0 Å². The van der Waals surface area contributed by atoms with Crippen molar-refractivity contribution < 1.29 is 31.1 Å². The van der Waals surface area contributed by atoms with Gasteiger partial charge in [0.05, 0.1) is 22.6 Å². The number of hydrogen-bond donors (Lipinski definition) is 1. The van der Waals surface area contributed by atoms with Gasteiger partial charge in [-0.1, -0.05) is 0 Å². The Hall–Kier alpha value is -1.96. The van der Waals surface area contributed by atoms with Crippen LogP contribution >= 0.6 is 15.9 Å². The van der Waals surface area contributed by atoms with Crippen LogP contribution in [0.3, 0.4) is 0 Å². The lowest BCUT2D eigenvalue weighted by molar-refractivity contribution is -0.142. The van der Waals surface area contributed by atoms with E-state index in [-0.39, 0.29) is 29.4 Å². The highest BCUT2D eigenvalue weighted by Crippen LogP contribution is 2.35. The minimum absolute atomic E-state index is 0.0403. The Kier molecular flexibility index (Phi) is 6.03. The lowest BCUT2D eigenvalue weighted by Crippen LogP contribution is -2.40. The number of ether oxygens (including phenoxy) is 1. The van der Waals surface area contributed by atoms with Gasteiger partial charge in [-0.3, -0.25) is 9.48 Å². The quantitative estimate of drug-likeness (QED) is 0.701. The average molecular weight is 497 g/mol. The summed E-state index contributed by atoms with van der Waals surface area (Å²) in [5, 5.41) is 5.77. The van der Waals surface area contributed by atoms with Crippen molar-refractivity contribution in [2.75, 3.05) is 31.6 Å². The maximum absolute atomic E-state index is 12.9. The van der Waals surface area contributed by atoms with Gasteiger partial charge in [-0.15, -0.1) is 0 Å². The normalized spacial score (nSPS) is 16.0. The summed E-state index contributed by atoms with van der Waals surface area (Å²) < 4.78 is 70.8. The van der Waals surface area contributed by atoms with Crippen LogP contribution in [0.5, 0.6) is 0 Å². The third-order valence-electron chi connectivity index (χ3n) is 4.19. The third kappa shape index (κ3) is 4.47. The fraction of sp³-hybridized carbons (Fsp3) is 0.375. The molecule has 8 nitrogen and oxygen atoms in total. The highest BCUT2D eigenvalue weighted by atomic mass is 79.9. The van der Waals surface area contributed by atoms with Crippen LogP contribution in [0.1, 0.15) is 16.2 Å². The predicted octanol–water partition coefficient (Wildman–Crippen LogP) is 2.47. The molecule has 1 aromatic carbocycles. The van der Waals surface area contributed by atoms with Crippen LogP contribution in [0.25, 0.3) is 0 Å². The van der Waals surface area contributed by atoms with Crippen molar-refractivity contribution >= 4 is 37.5 Å². The number of benzene rings is 1. The Morgan fingerprint density at radius 3 is 2.31 bits per heavy atom. The minimum Gasteiger partial charge on any atom is -0.379 e. The molecule has 1 aromatic heterocycles. The van der Waals surface area contributed by atoms with E-state index in [4.69, 9.17) is 4.74 Å². The largest absolute Gasteiger partial charge is 0.436 e. The summed E-state index contributed by atoms with van der Waals surface area (Å²) in [5.74, 6) is -0.828.